The Bertz CT molecular complexity index is 748. The average Bonchev–Trinajstić information content (AvgIpc) is 2.63. The van der Waals surface area contributed by atoms with E-state index in [1.54, 1.807) is 19.9 Å². The third-order valence-electron chi connectivity index (χ3n) is 4.11. The molecule has 1 unspecified atom stereocenters. The molecular formula is C19H25ClN2O5. The van der Waals surface area contributed by atoms with E-state index in [4.69, 9.17) is 21.1 Å². The van der Waals surface area contributed by atoms with E-state index in [0.29, 0.717) is 29.9 Å². The van der Waals surface area contributed by atoms with E-state index in [1.165, 1.54) is 6.07 Å². The smallest absolute Gasteiger partial charge is 0.338 e. The summed E-state index contributed by atoms with van der Waals surface area (Å²) in [5.74, 6) is -0.509. The molecule has 1 aromatic rings. The van der Waals surface area contributed by atoms with Gasteiger partial charge < -0.3 is 25.2 Å². The molecule has 0 spiro atoms. The minimum atomic E-state index is -0.762. The summed E-state index contributed by atoms with van der Waals surface area (Å²) in [6, 6.07) is 1.90. The van der Waals surface area contributed by atoms with Crippen LogP contribution in [0.2, 0.25) is 5.02 Å². The number of carbonyl (C=O) groups is 2. The average molecular weight is 397 g/mol. The third kappa shape index (κ3) is 4.86. The van der Waals surface area contributed by atoms with Crippen LogP contribution in [-0.2, 0) is 9.53 Å². The van der Waals surface area contributed by atoms with Gasteiger partial charge in [-0.25, -0.2) is 9.59 Å². The van der Waals surface area contributed by atoms with Gasteiger partial charge in [0.25, 0.3) is 0 Å². The van der Waals surface area contributed by atoms with Crippen molar-refractivity contribution in [3.8, 4) is 11.5 Å². The van der Waals surface area contributed by atoms with E-state index >= 15 is 0 Å². The van der Waals surface area contributed by atoms with Crippen molar-refractivity contribution >= 4 is 23.6 Å². The summed E-state index contributed by atoms with van der Waals surface area (Å²) in [7, 11) is 0. The molecule has 148 valence electrons. The van der Waals surface area contributed by atoms with Crippen LogP contribution in [-0.4, -0.2) is 30.3 Å². The Morgan fingerprint density at radius 3 is 2.63 bits per heavy atom. The van der Waals surface area contributed by atoms with Crippen molar-refractivity contribution < 1.29 is 24.2 Å². The molecule has 7 nitrogen and oxygen atoms in total. The summed E-state index contributed by atoms with van der Waals surface area (Å²) >= 11 is 6.13. The van der Waals surface area contributed by atoms with Gasteiger partial charge in [0.1, 0.15) is 0 Å². The lowest BCUT2D eigenvalue weighted by Crippen LogP contribution is -2.46. The number of aromatic hydroxyl groups is 1. The van der Waals surface area contributed by atoms with E-state index < -0.39 is 18.0 Å². The quantitative estimate of drug-likeness (QED) is 0.580. The first kappa shape index (κ1) is 20.9. The van der Waals surface area contributed by atoms with Crippen LogP contribution in [0.4, 0.5) is 4.79 Å². The SMILES string of the molecule is CCCCC1=C(C(=O)OCC)C(c2cc(Cl)c(O)c(OCC)c2)NC(=O)N1. The van der Waals surface area contributed by atoms with E-state index in [9.17, 15) is 14.7 Å². The predicted octanol–water partition coefficient (Wildman–Crippen LogP) is 3.81. The highest BCUT2D eigenvalue weighted by Gasteiger charge is 2.34. The molecule has 1 atom stereocenters. The second-order valence-electron chi connectivity index (χ2n) is 6.03. The maximum atomic E-state index is 12.6. The van der Waals surface area contributed by atoms with Crippen LogP contribution >= 0.6 is 11.6 Å². The van der Waals surface area contributed by atoms with Crippen molar-refractivity contribution in [2.45, 2.75) is 46.1 Å². The molecule has 2 amide bonds. The molecule has 1 aliphatic heterocycles. The van der Waals surface area contributed by atoms with E-state index in [2.05, 4.69) is 10.6 Å². The number of hydrogen-bond acceptors (Lipinski definition) is 5. The van der Waals surface area contributed by atoms with Gasteiger partial charge in [-0.2, -0.15) is 0 Å². The highest BCUT2D eigenvalue weighted by atomic mass is 35.5. The number of hydrogen-bond donors (Lipinski definition) is 3. The van der Waals surface area contributed by atoms with Crippen LogP contribution in [0.25, 0.3) is 0 Å². The summed E-state index contributed by atoms with van der Waals surface area (Å²) in [5, 5.41) is 15.6. The summed E-state index contributed by atoms with van der Waals surface area (Å²) < 4.78 is 10.6. The maximum Gasteiger partial charge on any atom is 0.338 e. The highest BCUT2D eigenvalue weighted by molar-refractivity contribution is 6.32. The number of unbranched alkanes of at least 4 members (excludes halogenated alkanes) is 1. The number of benzene rings is 1. The Morgan fingerprint density at radius 2 is 2.00 bits per heavy atom. The van der Waals surface area contributed by atoms with Crippen LogP contribution in [0.1, 0.15) is 51.6 Å². The molecule has 3 N–H and O–H groups in total. The number of carbonyl (C=O) groups excluding carboxylic acids is 2. The predicted molar refractivity (Wildman–Crippen MR) is 102 cm³/mol. The van der Waals surface area contributed by atoms with E-state index in [1.807, 2.05) is 6.92 Å². The van der Waals surface area contributed by atoms with Gasteiger partial charge in [0.05, 0.1) is 29.9 Å². The molecular weight excluding hydrogens is 372 g/mol. The number of ether oxygens (including phenoxy) is 2. The number of phenols is 1. The Kier molecular flexibility index (Phi) is 7.36. The van der Waals surface area contributed by atoms with Crippen LogP contribution in [0.15, 0.2) is 23.4 Å². The number of esters is 1. The molecule has 8 heteroatoms. The Balaban J connectivity index is 2.56. The lowest BCUT2D eigenvalue weighted by molar-refractivity contribution is -0.139. The zero-order valence-electron chi connectivity index (χ0n) is 15.7. The van der Waals surface area contributed by atoms with Gasteiger partial charge in [-0.3, -0.25) is 0 Å². The van der Waals surface area contributed by atoms with Crippen molar-refractivity contribution in [2.75, 3.05) is 13.2 Å². The third-order valence-corrected chi connectivity index (χ3v) is 4.40. The van der Waals surface area contributed by atoms with Crippen LogP contribution in [0.3, 0.4) is 0 Å². The van der Waals surface area contributed by atoms with E-state index in [-0.39, 0.29) is 23.1 Å². The van der Waals surface area contributed by atoms with Gasteiger partial charge in [0.2, 0.25) is 0 Å². The molecule has 1 aromatic carbocycles. The monoisotopic (exact) mass is 396 g/mol. The molecule has 0 saturated heterocycles. The van der Waals surface area contributed by atoms with Gasteiger partial charge in [-0.15, -0.1) is 0 Å². The van der Waals surface area contributed by atoms with Gasteiger partial charge in [-0.05, 0) is 44.4 Å². The molecule has 0 aliphatic carbocycles. The molecule has 1 aliphatic rings. The van der Waals surface area contributed by atoms with Crippen LogP contribution in [0.5, 0.6) is 11.5 Å². The molecule has 1 heterocycles. The van der Waals surface area contributed by atoms with Gasteiger partial charge >= 0.3 is 12.0 Å². The topological polar surface area (TPSA) is 96.9 Å². The summed E-state index contributed by atoms with van der Waals surface area (Å²) in [6.07, 6.45) is 2.26. The molecule has 0 bridgehead atoms. The molecule has 0 saturated carbocycles. The van der Waals surface area contributed by atoms with E-state index in [0.717, 1.165) is 12.8 Å². The van der Waals surface area contributed by atoms with Crippen molar-refractivity contribution in [1.82, 2.24) is 10.6 Å². The lowest BCUT2D eigenvalue weighted by Gasteiger charge is -2.30. The summed E-state index contributed by atoms with van der Waals surface area (Å²) in [4.78, 5) is 24.8. The zero-order valence-corrected chi connectivity index (χ0v) is 16.5. The van der Waals surface area contributed by atoms with Crippen molar-refractivity contribution in [2.24, 2.45) is 0 Å². The minimum absolute atomic E-state index is 0.0713. The molecule has 0 radical (unpaired) electrons. The minimum Gasteiger partial charge on any atom is -0.503 e. The molecule has 0 aromatic heterocycles. The first-order valence-corrected chi connectivity index (χ1v) is 9.43. The molecule has 0 fully saturated rings. The number of urea groups is 1. The van der Waals surface area contributed by atoms with Crippen LogP contribution < -0.4 is 15.4 Å². The summed E-state index contributed by atoms with van der Waals surface area (Å²) in [5.41, 5.74) is 1.38. The lowest BCUT2D eigenvalue weighted by atomic mass is 9.93. The van der Waals surface area contributed by atoms with Crippen molar-refractivity contribution in [3.63, 3.8) is 0 Å². The number of nitrogens with one attached hydrogen (secondary N) is 2. The van der Waals surface area contributed by atoms with Gasteiger partial charge in [-0.1, -0.05) is 24.9 Å². The fourth-order valence-electron chi connectivity index (χ4n) is 2.89. The number of phenolic OH excluding ortho intramolecular Hbond substituents is 1. The number of halogens is 1. The van der Waals surface area contributed by atoms with Crippen molar-refractivity contribution in [3.05, 3.63) is 34.0 Å². The highest BCUT2D eigenvalue weighted by Crippen LogP contribution is 2.39. The number of rotatable bonds is 8. The van der Waals surface area contributed by atoms with Gasteiger partial charge in [0.15, 0.2) is 11.5 Å². The fourth-order valence-corrected chi connectivity index (χ4v) is 3.11. The molecule has 27 heavy (non-hydrogen) atoms. The zero-order chi connectivity index (χ0) is 20.0. The standard InChI is InChI=1S/C19H25ClN2O5/c1-4-7-8-13-15(18(24)27-6-3)16(22-19(25)21-13)11-9-12(20)17(23)14(10-11)26-5-2/h9-10,16,23H,4-8H2,1-3H3,(H2,21,22,25). The maximum absolute atomic E-state index is 12.6. The first-order valence-electron chi connectivity index (χ1n) is 9.05. The number of amides is 2. The second-order valence-corrected chi connectivity index (χ2v) is 6.44. The Morgan fingerprint density at radius 1 is 1.26 bits per heavy atom. The normalized spacial score (nSPS) is 16.6. The van der Waals surface area contributed by atoms with Crippen molar-refractivity contribution in [1.29, 1.82) is 0 Å². The second kappa shape index (κ2) is 9.50. The number of allylic oxidation sites excluding steroid dienone is 1. The molecule has 2 rings (SSSR count). The van der Waals surface area contributed by atoms with Gasteiger partial charge in [0, 0.05) is 5.70 Å². The Labute approximate surface area is 163 Å². The first-order chi connectivity index (χ1) is 12.9. The Hall–Kier alpha value is -2.41. The van der Waals surface area contributed by atoms with Crippen LogP contribution in [0, 0.1) is 0 Å². The fraction of sp³-hybridized carbons (Fsp3) is 0.474. The summed E-state index contributed by atoms with van der Waals surface area (Å²) in [6.45, 7) is 6.07. The largest absolute Gasteiger partial charge is 0.503 e.